The molecule has 0 aromatic heterocycles. The number of carbonyl (C=O) groups excluding carboxylic acids is 1. The fourth-order valence-corrected chi connectivity index (χ4v) is 3.76. The molecule has 1 N–H and O–H groups in total. The summed E-state index contributed by atoms with van der Waals surface area (Å²) in [6.07, 6.45) is 1.74. The predicted molar refractivity (Wildman–Crippen MR) is 106 cm³/mol. The summed E-state index contributed by atoms with van der Waals surface area (Å²) >= 11 is 9.59. The molecule has 1 amide bonds. The Morgan fingerprint density at radius 2 is 1.96 bits per heavy atom. The molecule has 2 aromatic carbocycles. The van der Waals surface area contributed by atoms with Crippen LogP contribution in [0.3, 0.4) is 0 Å². The van der Waals surface area contributed by atoms with Crippen LogP contribution < -0.4 is 10.1 Å². The van der Waals surface area contributed by atoms with Gasteiger partial charge in [-0.2, -0.15) is 0 Å². The average molecular weight is 439 g/mol. The van der Waals surface area contributed by atoms with Gasteiger partial charge >= 0.3 is 0 Å². The van der Waals surface area contributed by atoms with E-state index in [9.17, 15) is 4.79 Å². The summed E-state index contributed by atoms with van der Waals surface area (Å²) in [6, 6.07) is 15.4. The Balaban J connectivity index is 1.63. The molecule has 0 spiro atoms. The van der Waals surface area contributed by atoms with Crippen molar-refractivity contribution >= 4 is 33.4 Å². The number of amides is 1. The van der Waals surface area contributed by atoms with Crippen molar-refractivity contribution in [2.75, 3.05) is 26.4 Å². The molecule has 3 rings (SSSR count). The standard InChI is InChI=1S/C20H21BrClNO3/c21-16-5-3-4-15(12-16)20(8-10-25-11-9-20)14-23-19(24)13-26-18-7-2-1-6-17(18)22/h1-7,12H,8-11,13-14H2,(H,23,24). The highest BCUT2D eigenvalue weighted by Crippen LogP contribution is 2.35. The van der Waals surface area contributed by atoms with Gasteiger partial charge in [0.1, 0.15) is 5.75 Å². The van der Waals surface area contributed by atoms with Crippen LogP contribution in [0.4, 0.5) is 0 Å². The van der Waals surface area contributed by atoms with E-state index in [1.165, 1.54) is 5.56 Å². The van der Waals surface area contributed by atoms with Crippen LogP contribution in [0.15, 0.2) is 53.0 Å². The Bertz CT molecular complexity index is 762. The van der Waals surface area contributed by atoms with Crippen LogP contribution in [0, 0.1) is 0 Å². The van der Waals surface area contributed by atoms with Crippen molar-refractivity contribution < 1.29 is 14.3 Å². The summed E-state index contributed by atoms with van der Waals surface area (Å²) in [5, 5.41) is 3.52. The van der Waals surface area contributed by atoms with Crippen molar-refractivity contribution in [2.45, 2.75) is 18.3 Å². The third-order valence-corrected chi connectivity index (χ3v) is 5.51. The van der Waals surface area contributed by atoms with Crippen molar-refractivity contribution in [3.05, 3.63) is 63.6 Å². The normalized spacial score (nSPS) is 16.1. The minimum absolute atomic E-state index is 0.0607. The zero-order valence-electron chi connectivity index (χ0n) is 14.3. The minimum Gasteiger partial charge on any atom is -0.482 e. The largest absolute Gasteiger partial charge is 0.482 e. The van der Waals surface area contributed by atoms with Crippen LogP contribution in [-0.4, -0.2) is 32.3 Å². The van der Waals surface area contributed by atoms with E-state index in [0.29, 0.717) is 30.5 Å². The van der Waals surface area contributed by atoms with Gasteiger partial charge < -0.3 is 14.8 Å². The maximum absolute atomic E-state index is 12.3. The van der Waals surface area contributed by atoms with Crippen molar-refractivity contribution in [1.82, 2.24) is 5.32 Å². The van der Waals surface area contributed by atoms with E-state index in [1.54, 1.807) is 12.1 Å². The van der Waals surface area contributed by atoms with E-state index in [-0.39, 0.29) is 17.9 Å². The van der Waals surface area contributed by atoms with Crippen molar-refractivity contribution in [2.24, 2.45) is 0 Å². The van der Waals surface area contributed by atoms with Crippen LogP contribution >= 0.6 is 27.5 Å². The van der Waals surface area contributed by atoms with Crippen LogP contribution in [0.5, 0.6) is 5.75 Å². The second-order valence-electron chi connectivity index (χ2n) is 6.40. The van der Waals surface area contributed by atoms with Gasteiger partial charge in [0, 0.05) is 29.6 Å². The quantitative estimate of drug-likeness (QED) is 0.729. The van der Waals surface area contributed by atoms with Crippen LogP contribution in [-0.2, 0) is 14.9 Å². The Hall–Kier alpha value is -1.56. The van der Waals surface area contributed by atoms with Gasteiger partial charge in [-0.15, -0.1) is 0 Å². The summed E-state index contributed by atoms with van der Waals surface area (Å²) in [4.78, 5) is 12.3. The molecule has 0 bridgehead atoms. The van der Waals surface area contributed by atoms with E-state index < -0.39 is 0 Å². The summed E-state index contributed by atoms with van der Waals surface area (Å²) in [5.74, 6) is 0.350. The number of hydrogen-bond donors (Lipinski definition) is 1. The molecule has 138 valence electrons. The highest BCUT2D eigenvalue weighted by Gasteiger charge is 2.35. The predicted octanol–water partition coefficient (Wildman–Crippen LogP) is 4.35. The molecule has 26 heavy (non-hydrogen) atoms. The number of para-hydroxylation sites is 1. The molecular weight excluding hydrogens is 418 g/mol. The highest BCUT2D eigenvalue weighted by atomic mass is 79.9. The molecule has 0 radical (unpaired) electrons. The second-order valence-corrected chi connectivity index (χ2v) is 7.72. The maximum atomic E-state index is 12.3. The maximum Gasteiger partial charge on any atom is 0.257 e. The molecule has 1 heterocycles. The van der Waals surface area contributed by atoms with Crippen LogP contribution in [0.25, 0.3) is 0 Å². The number of halogens is 2. The van der Waals surface area contributed by atoms with Crippen molar-refractivity contribution in [3.63, 3.8) is 0 Å². The smallest absolute Gasteiger partial charge is 0.257 e. The number of ether oxygens (including phenoxy) is 2. The SMILES string of the molecule is O=C(COc1ccccc1Cl)NCC1(c2cccc(Br)c2)CCOCC1. The first kappa shape index (κ1) is 19.2. The molecule has 1 aliphatic rings. The lowest BCUT2D eigenvalue weighted by Crippen LogP contribution is -2.45. The first-order valence-electron chi connectivity index (χ1n) is 8.57. The molecule has 6 heteroatoms. The van der Waals surface area contributed by atoms with E-state index in [0.717, 1.165) is 17.3 Å². The fraction of sp³-hybridized carbons (Fsp3) is 0.350. The first-order valence-corrected chi connectivity index (χ1v) is 9.74. The highest BCUT2D eigenvalue weighted by molar-refractivity contribution is 9.10. The van der Waals surface area contributed by atoms with Gasteiger partial charge in [0.25, 0.3) is 5.91 Å². The zero-order chi connectivity index (χ0) is 18.4. The van der Waals surface area contributed by atoms with Crippen LogP contribution in [0.2, 0.25) is 5.02 Å². The molecule has 4 nitrogen and oxygen atoms in total. The lowest BCUT2D eigenvalue weighted by Gasteiger charge is -2.38. The number of rotatable bonds is 6. The van der Waals surface area contributed by atoms with E-state index in [1.807, 2.05) is 24.3 Å². The first-order chi connectivity index (χ1) is 12.6. The topological polar surface area (TPSA) is 47.6 Å². The van der Waals surface area contributed by atoms with E-state index >= 15 is 0 Å². The molecular formula is C20H21BrClNO3. The molecule has 0 saturated carbocycles. The van der Waals surface area contributed by atoms with Gasteiger partial charge in [-0.05, 0) is 42.7 Å². The van der Waals surface area contributed by atoms with Gasteiger partial charge in [-0.25, -0.2) is 0 Å². The molecule has 1 aliphatic heterocycles. The monoisotopic (exact) mass is 437 g/mol. The van der Waals surface area contributed by atoms with E-state index in [2.05, 4.69) is 33.4 Å². The number of nitrogens with one attached hydrogen (secondary N) is 1. The minimum atomic E-state index is -0.161. The summed E-state index contributed by atoms with van der Waals surface area (Å²) < 4.78 is 12.1. The molecule has 0 unspecified atom stereocenters. The molecule has 2 aromatic rings. The third-order valence-electron chi connectivity index (χ3n) is 4.71. The van der Waals surface area contributed by atoms with Crippen LogP contribution in [0.1, 0.15) is 18.4 Å². The fourth-order valence-electron chi connectivity index (χ4n) is 3.17. The molecule has 1 fully saturated rings. The Kier molecular flexibility index (Phi) is 6.57. The third kappa shape index (κ3) is 4.78. The van der Waals surface area contributed by atoms with Gasteiger partial charge in [0.05, 0.1) is 5.02 Å². The number of benzene rings is 2. The Morgan fingerprint density at radius 1 is 1.19 bits per heavy atom. The Labute approximate surface area is 167 Å². The molecule has 0 aliphatic carbocycles. The van der Waals surface area contributed by atoms with Gasteiger partial charge in [-0.1, -0.05) is 51.8 Å². The Morgan fingerprint density at radius 3 is 2.69 bits per heavy atom. The second kappa shape index (κ2) is 8.89. The molecule has 1 saturated heterocycles. The lowest BCUT2D eigenvalue weighted by atomic mass is 9.74. The molecule has 0 atom stereocenters. The van der Waals surface area contributed by atoms with Crippen molar-refractivity contribution in [3.8, 4) is 5.75 Å². The summed E-state index contributed by atoms with van der Waals surface area (Å²) in [5.41, 5.74) is 1.09. The lowest BCUT2D eigenvalue weighted by molar-refractivity contribution is -0.123. The van der Waals surface area contributed by atoms with Gasteiger partial charge in [-0.3, -0.25) is 4.79 Å². The summed E-state index contributed by atoms with van der Waals surface area (Å²) in [6.45, 7) is 1.88. The average Bonchev–Trinajstić information content (AvgIpc) is 2.66. The number of hydrogen-bond acceptors (Lipinski definition) is 3. The summed E-state index contributed by atoms with van der Waals surface area (Å²) in [7, 11) is 0. The van der Waals surface area contributed by atoms with Crippen molar-refractivity contribution in [1.29, 1.82) is 0 Å². The zero-order valence-corrected chi connectivity index (χ0v) is 16.7. The van der Waals surface area contributed by atoms with E-state index in [4.69, 9.17) is 21.1 Å². The van der Waals surface area contributed by atoms with Gasteiger partial charge in [0.2, 0.25) is 0 Å². The van der Waals surface area contributed by atoms with Gasteiger partial charge in [0.15, 0.2) is 6.61 Å². The number of carbonyl (C=O) groups is 1.